The van der Waals surface area contributed by atoms with Crippen LogP contribution >= 0.6 is 12.4 Å². The summed E-state index contributed by atoms with van der Waals surface area (Å²) in [5.74, 6) is 0. The molecule has 0 heterocycles. The normalized spacial score (nSPS) is 15.6. The molecule has 0 amide bonds. The van der Waals surface area contributed by atoms with Crippen molar-refractivity contribution in [2.24, 2.45) is 5.73 Å². The number of hydrogen-bond donors (Lipinski definition) is 2. The van der Waals surface area contributed by atoms with E-state index in [1.165, 1.54) is 0 Å². The van der Waals surface area contributed by atoms with Gasteiger partial charge >= 0.3 is 12.4 Å². The number of nitrogens with two attached hydrogens (primary N) is 1. The van der Waals surface area contributed by atoms with Crippen molar-refractivity contribution in [3.05, 3.63) is 35.4 Å². The van der Waals surface area contributed by atoms with Crippen LogP contribution in [-0.2, 0) is 6.18 Å². The zero-order chi connectivity index (χ0) is 14.1. The van der Waals surface area contributed by atoms with Crippen LogP contribution in [0.4, 0.5) is 26.3 Å². The minimum Gasteiger partial charge on any atom is -0.382 e. The first-order chi connectivity index (χ1) is 8.05. The van der Waals surface area contributed by atoms with Gasteiger partial charge in [0.15, 0.2) is 6.10 Å². The quantitative estimate of drug-likeness (QED) is 0.825. The second-order valence-corrected chi connectivity index (χ2v) is 3.60. The molecule has 0 aliphatic rings. The van der Waals surface area contributed by atoms with Gasteiger partial charge in [0.1, 0.15) is 0 Å². The Bertz CT molecular complexity index is 419. The van der Waals surface area contributed by atoms with Crippen molar-refractivity contribution in [3.8, 4) is 0 Å². The lowest BCUT2D eigenvalue weighted by Crippen LogP contribution is -2.39. The van der Waals surface area contributed by atoms with E-state index in [0.717, 1.165) is 18.2 Å². The van der Waals surface area contributed by atoms with Crippen molar-refractivity contribution < 1.29 is 31.4 Å². The molecule has 0 saturated carbocycles. The molecule has 0 radical (unpaired) electrons. The van der Waals surface area contributed by atoms with Crippen LogP contribution < -0.4 is 5.73 Å². The second kappa shape index (κ2) is 5.98. The van der Waals surface area contributed by atoms with Gasteiger partial charge in [0.2, 0.25) is 0 Å². The Morgan fingerprint density at radius 3 is 1.89 bits per heavy atom. The zero-order valence-corrected chi connectivity index (χ0v) is 9.98. The van der Waals surface area contributed by atoms with Crippen LogP contribution in [-0.4, -0.2) is 17.4 Å². The van der Waals surface area contributed by atoms with Gasteiger partial charge in [-0.05, 0) is 11.6 Å². The van der Waals surface area contributed by atoms with Crippen LogP contribution in [0.2, 0.25) is 0 Å². The van der Waals surface area contributed by atoms with E-state index >= 15 is 0 Å². The summed E-state index contributed by atoms with van der Waals surface area (Å²) in [7, 11) is 0. The number of hydrogen-bond acceptors (Lipinski definition) is 2. The first kappa shape index (κ1) is 18.0. The summed E-state index contributed by atoms with van der Waals surface area (Å²) in [5, 5.41) is 8.88. The lowest BCUT2D eigenvalue weighted by Gasteiger charge is -2.24. The van der Waals surface area contributed by atoms with Crippen molar-refractivity contribution in [1.29, 1.82) is 0 Å². The molecule has 2 nitrogen and oxygen atoms in total. The smallest absolute Gasteiger partial charge is 0.382 e. The van der Waals surface area contributed by atoms with Gasteiger partial charge in [-0.2, -0.15) is 26.3 Å². The highest BCUT2D eigenvalue weighted by Crippen LogP contribution is 2.37. The summed E-state index contributed by atoms with van der Waals surface area (Å²) in [6.45, 7) is 0. The Morgan fingerprint density at radius 1 is 1.00 bits per heavy atom. The fourth-order valence-corrected chi connectivity index (χ4v) is 1.42. The Balaban J connectivity index is 0.00000324. The standard InChI is InChI=1S/C10H9F6NO.ClH/c11-9(12,13)6-4-2-1-3-5(6)7(17)8(18)10(14,15)16;/h1-4,7-8,18H,17H2;1H/t7-,8-;/m0./s1. The minimum absolute atomic E-state index is 0. The minimum atomic E-state index is -5.09. The van der Waals surface area contributed by atoms with Gasteiger partial charge in [-0.3, -0.25) is 0 Å². The van der Waals surface area contributed by atoms with Crippen LogP contribution in [0.3, 0.4) is 0 Å². The summed E-state index contributed by atoms with van der Waals surface area (Å²) in [6, 6.07) is 1.37. The van der Waals surface area contributed by atoms with Crippen LogP contribution in [0, 0.1) is 0 Å². The van der Waals surface area contributed by atoms with Gasteiger partial charge < -0.3 is 10.8 Å². The highest BCUT2D eigenvalue weighted by molar-refractivity contribution is 5.85. The van der Waals surface area contributed by atoms with E-state index < -0.39 is 35.6 Å². The molecule has 1 rings (SSSR count). The Labute approximate surface area is 110 Å². The number of aliphatic hydroxyl groups is 1. The fourth-order valence-electron chi connectivity index (χ4n) is 1.42. The first-order valence-corrected chi connectivity index (χ1v) is 4.71. The molecule has 2 atom stereocenters. The Hall–Kier alpha value is -0.990. The molecule has 0 fully saturated rings. The molecule has 1 aromatic carbocycles. The molecule has 1 aromatic rings. The number of benzene rings is 1. The maximum atomic E-state index is 12.6. The molecular formula is C10H10ClF6NO. The average Bonchev–Trinajstić information content (AvgIpc) is 2.24. The SMILES string of the molecule is Cl.N[C@@H](c1ccccc1C(F)(F)F)[C@H](O)C(F)(F)F. The monoisotopic (exact) mass is 309 g/mol. The first-order valence-electron chi connectivity index (χ1n) is 4.71. The molecule has 19 heavy (non-hydrogen) atoms. The summed E-state index contributed by atoms with van der Waals surface area (Å²) >= 11 is 0. The predicted molar refractivity (Wildman–Crippen MR) is 57.7 cm³/mol. The number of alkyl halides is 6. The van der Waals surface area contributed by atoms with Crippen molar-refractivity contribution in [2.75, 3.05) is 0 Å². The average molecular weight is 310 g/mol. The Morgan fingerprint density at radius 2 is 1.47 bits per heavy atom. The fraction of sp³-hybridized carbons (Fsp3) is 0.400. The van der Waals surface area contributed by atoms with Crippen molar-refractivity contribution in [2.45, 2.75) is 24.5 Å². The molecule has 110 valence electrons. The summed E-state index contributed by atoms with van der Waals surface area (Å²) < 4.78 is 74.3. The van der Waals surface area contributed by atoms with Crippen LogP contribution in [0.15, 0.2) is 24.3 Å². The van der Waals surface area contributed by atoms with Gasteiger partial charge in [-0.15, -0.1) is 12.4 Å². The maximum absolute atomic E-state index is 12.6. The molecule has 3 N–H and O–H groups in total. The van der Waals surface area contributed by atoms with E-state index in [1.807, 2.05) is 0 Å². The van der Waals surface area contributed by atoms with Crippen LogP contribution in [0.25, 0.3) is 0 Å². The third-order valence-electron chi connectivity index (χ3n) is 2.30. The summed E-state index contributed by atoms with van der Waals surface area (Å²) in [5.41, 5.74) is 2.96. The number of halogens is 7. The van der Waals surface area contributed by atoms with E-state index in [2.05, 4.69) is 0 Å². The van der Waals surface area contributed by atoms with E-state index in [0.29, 0.717) is 6.07 Å². The molecule has 0 aliphatic carbocycles. The van der Waals surface area contributed by atoms with E-state index in [1.54, 1.807) is 0 Å². The van der Waals surface area contributed by atoms with E-state index in [4.69, 9.17) is 10.8 Å². The summed E-state index contributed by atoms with van der Waals surface area (Å²) in [4.78, 5) is 0. The molecule has 0 spiro atoms. The zero-order valence-electron chi connectivity index (χ0n) is 9.16. The summed E-state index contributed by atoms with van der Waals surface area (Å²) in [6.07, 6.45) is -13.0. The van der Waals surface area contributed by atoms with Gasteiger partial charge in [-0.25, -0.2) is 0 Å². The lowest BCUT2D eigenvalue weighted by molar-refractivity contribution is -0.211. The third-order valence-corrected chi connectivity index (χ3v) is 2.30. The largest absolute Gasteiger partial charge is 0.416 e. The lowest BCUT2D eigenvalue weighted by atomic mass is 9.96. The maximum Gasteiger partial charge on any atom is 0.416 e. The van der Waals surface area contributed by atoms with Gasteiger partial charge in [0.05, 0.1) is 11.6 Å². The Kier molecular flexibility index (Phi) is 5.66. The van der Waals surface area contributed by atoms with Gasteiger partial charge in [-0.1, -0.05) is 18.2 Å². The van der Waals surface area contributed by atoms with E-state index in [-0.39, 0.29) is 12.4 Å². The van der Waals surface area contributed by atoms with Crippen molar-refractivity contribution >= 4 is 12.4 Å². The predicted octanol–water partition coefficient (Wildman–Crippen LogP) is 3.05. The molecule has 0 aromatic heterocycles. The molecule has 9 heteroatoms. The molecule has 0 saturated heterocycles. The molecule has 0 unspecified atom stereocenters. The van der Waals surface area contributed by atoms with Crippen molar-refractivity contribution in [1.82, 2.24) is 0 Å². The van der Waals surface area contributed by atoms with Crippen LogP contribution in [0.1, 0.15) is 17.2 Å². The van der Waals surface area contributed by atoms with Crippen molar-refractivity contribution in [3.63, 3.8) is 0 Å². The highest BCUT2D eigenvalue weighted by atomic mass is 35.5. The molecule has 0 bridgehead atoms. The highest BCUT2D eigenvalue weighted by Gasteiger charge is 2.45. The number of aliphatic hydroxyl groups excluding tert-OH is 1. The number of rotatable bonds is 2. The van der Waals surface area contributed by atoms with Gasteiger partial charge in [0, 0.05) is 0 Å². The second-order valence-electron chi connectivity index (χ2n) is 3.60. The molecule has 0 aliphatic heterocycles. The topological polar surface area (TPSA) is 46.2 Å². The van der Waals surface area contributed by atoms with E-state index in [9.17, 15) is 26.3 Å². The van der Waals surface area contributed by atoms with Gasteiger partial charge in [0.25, 0.3) is 0 Å². The molecular weight excluding hydrogens is 300 g/mol. The van der Waals surface area contributed by atoms with Crippen LogP contribution in [0.5, 0.6) is 0 Å². The third kappa shape index (κ3) is 4.26.